The van der Waals surface area contributed by atoms with Crippen molar-refractivity contribution in [2.75, 3.05) is 39.3 Å². The number of nitrogens with zero attached hydrogens (tertiary/aromatic N) is 3. The first-order valence-electron chi connectivity index (χ1n) is 8.67. The summed E-state index contributed by atoms with van der Waals surface area (Å²) >= 11 is 1.63. The Morgan fingerprint density at radius 3 is 2.67 bits per heavy atom. The number of aromatic nitrogens is 1. The fraction of sp³-hybridized carbons (Fsp3) is 0.765. The molecule has 7 heteroatoms. The van der Waals surface area contributed by atoms with Crippen molar-refractivity contribution in [1.82, 2.24) is 20.1 Å². The molecule has 0 bridgehead atoms. The van der Waals surface area contributed by atoms with Crippen molar-refractivity contribution in [2.45, 2.75) is 45.8 Å². The molecule has 1 unspecified atom stereocenters. The lowest BCUT2D eigenvalue weighted by molar-refractivity contribution is 0.0144. The van der Waals surface area contributed by atoms with Crippen molar-refractivity contribution in [2.24, 2.45) is 0 Å². The number of carbonyl (C=O) groups excluding carboxylic acids is 1. The highest BCUT2D eigenvalue weighted by atomic mass is 32.1. The van der Waals surface area contributed by atoms with Gasteiger partial charge in [-0.05, 0) is 47.2 Å². The highest BCUT2D eigenvalue weighted by Gasteiger charge is 2.25. The molecule has 1 aromatic rings. The zero-order valence-electron chi connectivity index (χ0n) is 15.2. The molecule has 2 rings (SSSR count). The molecule has 1 N–H and O–H groups in total. The van der Waals surface area contributed by atoms with Gasteiger partial charge in [-0.25, -0.2) is 9.78 Å². The number of nitrogens with one attached hydrogen (secondary N) is 1. The van der Waals surface area contributed by atoms with Crippen LogP contribution in [0.25, 0.3) is 0 Å². The molecule has 0 aromatic carbocycles. The normalized spacial score (nSPS) is 17.8. The number of ether oxygens (including phenoxy) is 1. The first kappa shape index (κ1) is 19.1. The van der Waals surface area contributed by atoms with Crippen molar-refractivity contribution in [3.05, 3.63) is 16.6 Å². The van der Waals surface area contributed by atoms with Crippen LogP contribution >= 0.6 is 11.3 Å². The van der Waals surface area contributed by atoms with E-state index in [1.165, 1.54) is 0 Å². The van der Waals surface area contributed by atoms with Gasteiger partial charge in [0.25, 0.3) is 0 Å². The van der Waals surface area contributed by atoms with Gasteiger partial charge in [0.1, 0.15) is 5.60 Å². The summed E-state index contributed by atoms with van der Waals surface area (Å²) < 4.78 is 5.43. The Hall–Kier alpha value is -1.18. The molecular weight excluding hydrogens is 324 g/mol. The number of rotatable bonds is 6. The monoisotopic (exact) mass is 354 g/mol. The van der Waals surface area contributed by atoms with Crippen molar-refractivity contribution < 1.29 is 9.53 Å². The van der Waals surface area contributed by atoms with Gasteiger partial charge in [0.15, 0.2) is 0 Å². The van der Waals surface area contributed by atoms with Gasteiger partial charge in [-0.2, -0.15) is 0 Å². The van der Waals surface area contributed by atoms with E-state index in [-0.39, 0.29) is 6.09 Å². The quantitative estimate of drug-likeness (QED) is 0.796. The number of thiazole rings is 1. The van der Waals surface area contributed by atoms with Crippen molar-refractivity contribution in [3.8, 4) is 0 Å². The summed E-state index contributed by atoms with van der Waals surface area (Å²) in [7, 11) is 0. The van der Waals surface area contributed by atoms with E-state index >= 15 is 0 Å². The van der Waals surface area contributed by atoms with Crippen LogP contribution in [0.3, 0.4) is 0 Å². The molecule has 1 fully saturated rings. The van der Waals surface area contributed by atoms with Gasteiger partial charge in [0.05, 0.1) is 11.2 Å². The van der Waals surface area contributed by atoms with Gasteiger partial charge in [-0.15, -0.1) is 11.3 Å². The van der Waals surface area contributed by atoms with Gasteiger partial charge < -0.3 is 15.0 Å². The first-order chi connectivity index (χ1) is 11.3. The van der Waals surface area contributed by atoms with E-state index in [1.54, 1.807) is 11.3 Å². The molecule has 24 heavy (non-hydrogen) atoms. The second-order valence-corrected chi connectivity index (χ2v) is 7.97. The largest absolute Gasteiger partial charge is 0.444 e. The van der Waals surface area contributed by atoms with E-state index in [4.69, 9.17) is 4.74 Å². The fourth-order valence-corrected chi connectivity index (χ4v) is 3.29. The second kappa shape index (κ2) is 8.78. The van der Waals surface area contributed by atoms with Crippen LogP contribution in [0.4, 0.5) is 4.79 Å². The molecule has 1 atom stereocenters. The van der Waals surface area contributed by atoms with Gasteiger partial charge in [-0.1, -0.05) is 0 Å². The van der Waals surface area contributed by atoms with Crippen LogP contribution in [0, 0.1) is 0 Å². The van der Waals surface area contributed by atoms with E-state index < -0.39 is 5.60 Å². The lowest BCUT2D eigenvalue weighted by atomic mass is 10.2. The van der Waals surface area contributed by atoms with Crippen LogP contribution < -0.4 is 5.32 Å². The zero-order valence-corrected chi connectivity index (χ0v) is 16.1. The molecule has 1 saturated heterocycles. The Balaban J connectivity index is 1.59. The predicted molar refractivity (Wildman–Crippen MR) is 97.4 cm³/mol. The highest BCUT2D eigenvalue weighted by Crippen LogP contribution is 2.13. The molecule has 1 aromatic heterocycles. The fourth-order valence-electron chi connectivity index (χ4n) is 2.64. The number of hydrogen-bond acceptors (Lipinski definition) is 6. The van der Waals surface area contributed by atoms with Crippen LogP contribution in [0.15, 0.2) is 10.9 Å². The summed E-state index contributed by atoms with van der Waals surface area (Å²) in [5.41, 5.74) is 2.57. The molecule has 0 radical (unpaired) electrons. The molecule has 1 aliphatic rings. The van der Waals surface area contributed by atoms with Gasteiger partial charge in [0.2, 0.25) is 0 Å². The van der Waals surface area contributed by atoms with Crippen molar-refractivity contribution in [1.29, 1.82) is 0 Å². The summed E-state index contributed by atoms with van der Waals surface area (Å²) in [5.74, 6) is 0. The van der Waals surface area contributed by atoms with E-state index in [2.05, 4.69) is 27.5 Å². The maximum Gasteiger partial charge on any atom is 0.410 e. The minimum Gasteiger partial charge on any atom is -0.444 e. The van der Waals surface area contributed by atoms with Crippen LogP contribution in [-0.4, -0.2) is 65.7 Å². The molecule has 6 nitrogen and oxygen atoms in total. The lowest BCUT2D eigenvalue weighted by Gasteiger charge is -2.35. The average molecular weight is 355 g/mol. The minimum atomic E-state index is -0.423. The molecular formula is C17H30N4O2S. The molecule has 136 valence electrons. The topological polar surface area (TPSA) is 57.7 Å². The Kier molecular flexibility index (Phi) is 7.01. The molecule has 2 heterocycles. The highest BCUT2D eigenvalue weighted by molar-refractivity contribution is 7.07. The van der Waals surface area contributed by atoms with Crippen molar-refractivity contribution in [3.63, 3.8) is 0 Å². The molecule has 0 spiro atoms. The summed E-state index contributed by atoms with van der Waals surface area (Å²) in [5, 5.41) is 5.60. The minimum absolute atomic E-state index is 0.194. The average Bonchev–Trinajstić information content (AvgIpc) is 3.04. The molecule has 1 aliphatic heterocycles. The van der Waals surface area contributed by atoms with Crippen LogP contribution in [0.1, 0.15) is 45.9 Å². The maximum absolute atomic E-state index is 12.0. The van der Waals surface area contributed by atoms with Crippen LogP contribution in [0.2, 0.25) is 0 Å². The predicted octanol–water partition coefficient (Wildman–Crippen LogP) is 2.74. The zero-order chi connectivity index (χ0) is 17.6. The van der Waals surface area contributed by atoms with Crippen LogP contribution in [0.5, 0.6) is 0 Å². The molecule has 1 amide bonds. The smallest absolute Gasteiger partial charge is 0.410 e. The SMILES string of the molecule is CC(NCCCN1CCN(C(=O)OC(C)(C)C)CC1)c1cscn1. The standard InChI is InChI=1S/C17H30N4O2S/c1-14(15-12-24-13-19-15)18-6-5-7-20-8-10-21(11-9-20)16(22)23-17(2,3)4/h12-14,18H,5-11H2,1-4H3. The maximum atomic E-state index is 12.0. The third kappa shape index (κ3) is 6.37. The van der Waals surface area contributed by atoms with E-state index in [1.807, 2.05) is 31.2 Å². The lowest BCUT2D eigenvalue weighted by Crippen LogP contribution is -2.50. The van der Waals surface area contributed by atoms with Gasteiger partial charge >= 0.3 is 6.09 Å². The molecule has 0 saturated carbocycles. The summed E-state index contributed by atoms with van der Waals surface area (Å²) in [6.45, 7) is 13.2. The van der Waals surface area contributed by atoms with Crippen molar-refractivity contribution >= 4 is 17.4 Å². The third-order valence-corrected chi connectivity index (χ3v) is 4.63. The van der Waals surface area contributed by atoms with E-state index in [0.29, 0.717) is 6.04 Å². The first-order valence-corrected chi connectivity index (χ1v) is 9.61. The van der Waals surface area contributed by atoms with Crippen LogP contribution in [-0.2, 0) is 4.74 Å². The number of hydrogen-bond donors (Lipinski definition) is 1. The number of carbonyl (C=O) groups is 1. The van der Waals surface area contributed by atoms with E-state index in [0.717, 1.165) is 51.4 Å². The Labute approximate surface area is 149 Å². The third-order valence-electron chi connectivity index (χ3n) is 4.02. The summed E-state index contributed by atoms with van der Waals surface area (Å²) in [4.78, 5) is 20.6. The molecule has 0 aliphatic carbocycles. The number of amides is 1. The second-order valence-electron chi connectivity index (χ2n) is 7.25. The number of piperazine rings is 1. The summed E-state index contributed by atoms with van der Waals surface area (Å²) in [6.07, 6.45) is 0.905. The van der Waals surface area contributed by atoms with Gasteiger partial charge in [0, 0.05) is 37.6 Å². The van der Waals surface area contributed by atoms with Gasteiger partial charge in [-0.3, -0.25) is 4.90 Å². The van der Waals surface area contributed by atoms with E-state index in [9.17, 15) is 4.79 Å². The Bertz CT molecular complexity index is 493. The summed E-state index contributed by atoms with van der Waals surface area (Å²) in [6, 6.07) is 0.306. The Morgan fingerprint density at radius 2 is 2.08 bits per heavy atom. The Morgan fingerprint density at radius 1 is 1.38 bits per heavy atom.